The number of halogens is 1. The average Bonchev–Trinajstić information content (AvgIpc) is 2.37. The largest absolute Gasteiger partial charge is 0.466 e. The van der Waals surface area contributed by atoms with Crippen molar-refractivity contribution in [1.82, 2.24) is 0 Å². The van der Waals surface area contributed by atoms with Crippen molar-refractivity contribution in [1.29, 1.82) is 0 Å². The lowest BCUT2D eigenvalue weighted by Crippen LogP contribution is -2.39. The van der Waals surface area contributed by atoms with Gasteiger partial charge in [0.1, 0.15) is 0 Å². The van der Waals surface area contributed by atoms with E-state index in [9.17, 15) is 14.9 Å². The van der Waals surface area contributed by atoms with Gasteiger partial charge in [-0.1, -0.05) is 23.7 Å². The zero-order valence-corrected chi connectivity index (χ0v) is 12.5. The summed E-state index contributed by atoms with van der Waals surface area (Å²) in [5.74, 6) is -1.02. The third kappa shape index (κ3) is 3.93. The zero-order chi connectivity index (χ0) is 15.3. The Morgan fingerprint density at radius 2 is 1.95 bits per heavy atom. The molecule has 0 N–H and O–H groups in total. The Labute approximate surface area is 123 Å². The van der Waals surface area contributed by atoms with Crippen LogP contribution in [0, 0.1) is 10.1 Å². The first-order chi connectivity index (χ1) is 9.28. The summed E-state index contributed by atoms with van der Waals surface area (Å²) in [6.45, 7) is 4.97. The van der Waals surface area contributed by atoms with E-state index < -0.39 is 17.4 Å². The number of carbonyl (C=O) groups is 1. The molecule has 0 saturated carbocycles. The van der Waals surface area contributed by atoms with Gasteiger partial charge in [0, 0.05) is 23.8 Å². The summed E-state index contributed by atoms with van der Waals surface area (Å²) in [7, 11) is 0. The second-order valence-corrected chi connectivity index (χ2v) is 5.46. The van der Waals surface area contributed by atoms with Crippen LogP contribution in [0.3, 0.4) is 0 Å². The van der Waals surface area contributed by atoms with Crippen molar-refractivity contribution in [2.75, 3.05) is 6.61 Å². The summed E-state index contributed by atoms with van der Waals surface area (Å²) in [4.78, 5) is 22.6. The monoisotopic (exact) mass is 299 g/mol. The Kier molecular flexibility index (Phi) is 5.51. The Balaban J connectivity index is 3.10. The standard InChI is InChI=1S/C14H18ClNO4/c1-4-20-13(17)9-12(14(2,3)16(18)19)10-5-7-11(15)8-6-10/h5-8,12H,4,9H2,1-3H3. The molecular weight excluding hydrogens is 282 g/mol. The molecule has 6 heteroatoms. The van der Waals surface area contributed by atoms with Crippen LogP contribution in [-0.4, -0.2) is 23.0 Å². The van der Waals surface area contributed by atoms with Crippen LogP contribution in [0.5, 0.6) is 0 Å². The maximum absolute atomic E-state index is 11.7. The van der Waals surface area contributed by atoms with Crippen molar-refractivity contribution < 1.29 is 14.5 Å². The van der Waals surface area contributed by atoms with Crippen molar-refractivity contribution in [2.24, 2.45) is 0 Å². The molecule has 0 fully saturated rings. The van der Waals surface area contributed by atoms with Crippen LogP contribution in [0.1, 0.15) is 38.7 Å². The van der Waals surface area contributed by atoms with E-state index in [0.717, 1.165) is 0 Å². The summed E-state index contributed by atoms with van der Waals surface area (Å²) in [6.07, 6.45) is -0.0382. The molecule has 20 heavy (non-hydrogen) atoms. The van der Waals surface area contributed by atoms with Gasteiger partial charge in [0.05, 0.1) is 18.9 Å². The van der Waals surface area contributed by atoms with Gasteiger partial charge in [-0.05, 0) is 24.6 Å². The number of esters is 1. The van der Waals surface area contributed by atoms with Crippen LogP contribution < -0.4 is 0 Å². The minimum Gasteiger partial charge on any atom is -0.466 e. The molecule has 0 aliphatic carbocycles. The first-order valence-electron chi connectivity index (χ1n) is 6.34. The van der Waals surface area contributed by atoms with Gasteiger partial charge in [0.25, 0.3) is 0 Å². The lowest BCUT2D eigenvalue weighted by atomic mass is 9.80. The Hall–Kier alpha value is -1.62. The van der Waals surface area contributed by atoms with Gasteiger partial charge in [0.15, 0.2) is 0 Å². The normalized spacial score (nSPS) is 12.8. The highest BCUT2D eigenvalue weighted by molar-refractivity contribution is 6.30. The predicted octanol–water partition coefficient (Wildman–Crippen LogP) is 3.43. The van der Waals surface area contributed by atoms with Gasteiger partial charge in [-0.3, -0.25) is 14.9 Å². The summed E-state index contributed by atoms with van der Waals surface area (Å²) >= 11 is 5.82. The number of nitro groups is 1. The number of ether oxygens (including phenoxy) is 1. The van der Waals surface area contributed by atoms with Crippen LogP contribution in [0.25, 0.3) is 0 Å². The summed E-state index contributed by atoms with van der Waals surface area (Å²) in [5, 5.41) is 11.8. The lowest BCUT2D eigenvalue weighted by Gasteiger charge is -2.26. The van der Waals surface area contributed by atoms with E-state index in [1.807, 2.05) is 0 Å². The van der Waals surface area contributed by atoms with Gasteiger partial charge in [0.2, 0.25) is 5.54 Å². The van der Waals surface area contributed by atoms with E-state index in [0.29, 0.717) is 10.6 Å². The smallest absolute Gasteiger partial charge is 0.306 e. The van der Waals surface area contributed by atoms with Crippen LogP contribution in [-0.2, 0) is 9.53 Å². The molecule has 0 heterocycles. The maximum atomic E-state index is 11.7. The van der Waals surface area contributed by atoms with Gasteiger partial charge >= 0.3 is 5.97 Å². The fourth-order valence-electron chi connectivity index (χ4n) is 1.98. The topological polar surface area (TPSA) is 69.4 Å². The first-order valence-corrected chi connectivity index (χ1v) is 6.72. The van der Waals surface area contributed by atoms with Crippen molar-refractivity contribution in [3.05, 3.63) is 45.0 Å². The fraction of sp³-hybridized carbons (Fsp3) is 0.500. The first kappa shape index (κ1) is 16.4. The summed E-state index contributed by atoms with van der Waals surface area (Å²) < 4.78 is 4.90. The molecule has 0 amide bonds. The molecule has 0 saturated heterocycles. The molecule has 1 unspecified atom stereocenters. The van der Waals surface area contributed by atoms with Crippen molar-refractivity contribution in [3.63, 3.8) is 0 Å². The van der Waals surface area contributed by atoms with Gasteiger partial charge in [-0.25, -0.2) is 0 Å². The van der Waals surface area contributed by atoms with Crippen LogP contribution >= 0.6 is 11.6 Å². The van der Waals surface area contributed by atoms with Crippen molar-refractivity contribution in [2.45, 2.75) is 38.6 Å². The van der Waals surface area contributed by atoms with E-state index >= 15 is 0 Å². The van der Waals surface area contributed by atoms with Gasteiger partial charge in [-0.15, -0.1) is 0 Å². The quantitative estimate of drug-likeness (QED) is 0.458. The number of hydrogen-bond acceptors (Lipinski definition) is 4. The molecule has 0 bridgehead atoms. The second kappa shape index (κ2) is 6.70. The summed E-state index contributed by atoms with van der Waals surface area (Å²) in [6, 6.07) is 6.73. The molecule has 0 radical (unpaired) electrons. The number of carbonyl (C=O) groups excluding carboxylic acids is 1. The van der Waals surface area contributed by atoms with Crippen molar-refractivity contribution >= 4 is 17.6 Å². The SMILES string of the molecule is CCOC(=O)CC(c1ccc(Cl)cc1)C(C)(C)[N+](=O)[O-]. The average molecular weight is 300 g/mol. The summed E-state index contributed by atoms with van der Waals surface area (Å²) in [5.41, 5.74) is -0.579. The molecule has 1 atom stereocenters. The molecule has 1 aromatic carbocycles. The lowest BCUT2D eigenvalue weighted by molar-refractivity contribution is -0.565. The molecule has 0 spiro atoms. The molecule has 0 aromatic heterocycles. The van der Waals surface area contributed by atoms with Gasteiger partial charge in [-0.2, -0.15) is 0 Å². The molecule has 5 nitrogen and oxygen atoms in total. The minimum absolute atomic E-state index is 0.0382. The highest BCUT2D eigenvalue weighted by Crippen LogP contribution is 2.34. The maximum Gasteiger partial charge on any atom is 0.306 e. The fourth-order valence-corrected chi connectivity index (χ4v) is 2.11. The minimum atomic E-state index is -1.28. The highest BCUT2D eigenvalue weighted by atomic mass is 35.5. The molecule has 110 valence electrons. The van der Waals surface area contributed by atoms with E-state index in [-0.39, 0.29) is 18.0 Å². The van der Waals surface area contributed by atoms with Crippen LogP contribution in [0.15, 0.2) is 24.3 Å². The zero-order valence-electron chi connectivity index (χ0n) is 11.8. The van der Waals surface area contributed by atoms with E-state index in [4.69, 9.17) is 16.3 Å². The number of benzene rings is 1. The predicted molar refractivity (Wildman–Crippen MR) is 76.5 cm³/mol. The number of rotatable bonds is 6. The van der Waals surface area contributed by atoms with Crippen LogP contribution in [0.2, 0.25) is 5.02 Å². The van der Waals surface area contributed by atoms with E-state index in [1.165, 1.54) is 13.8 Å². The van der Waals surface area contributed by atoms with Gasteiger partial charge < -0.3 is 4.74 Å². The Morgan fingerprint density at radius 1 is 1.40 bits per heavy atom. The molecule has 0 aliphatic heterocycles. The third-order valence-electron chi connectivity index (χ3n) is 3.27. The Bertz CT molecular complexity index is 484. The Morgan fingerprint density at radius 3 is 2.40 bits per heavy atom. The molecule has 0 aliphatic rings. The van der Waals surface area contributed by atoms with E-state index in [1.54, 1.807) is 31.2 Å². The number of hydrogen-bond donors (Lipinski definition) is 0. The number of nitrogens with zero attached hydrogens (tertiary/aromatic N) is 1. The highest BCUT2D eigenvalue weighted by Gasteiger charge is 2.43. The molecular formula is C14H18ClNO4. The van der Waals surface area contributed by atoms with Crippen molar-refractivity contribution in [3.8, 4) is 0 Å². The molecule has 1 aromatic rings. The molecule has 1 rings (SSSR count). The second-order valence-electron chi connectivity index (χ2n) is 5.02. The van der Waals surface area contributed by atoms with Crippen LogP contribution in [0.4, 0.5) is 0 Å². The van der Waals surface area contributed by atoms with E-state index in [2.05, 4.69) is 0 Å². The third-order valence-corrected chi connectivity index (χ3v) is 3.52.